The quantitative estimate of drug-likeness (QED) is 0.802. The monoisotopic (exact) mass is 297 g/mol. The summed E-state index contributed by atoms with van der Waals surface area (Å²) in [4.78, 5) is 22.7. The third-order valence-electron chi connectivity index (χ3n) is 3.41. The molecule has 1 saturated heterocycles. The van der Waals surface area contributed by atoms with Gasteiger partial charge in [-0.15, -0.1) is 0 Å². The Labute approximate surface area is 124 Å². The van der Waals surface area contributed by atoms with Gasteiger partial charge in [0.25, 0.3) is 0 Å². The number of aromatic nitrogens is 2. The number of halogens is 1. The maximum Gasteiger partial charge on any atom is 0.358 e. The van der Waals surface area contributed by atoms with E-state index in [2.05, 4.69) is 21.9 Å². The van der Waals surface area contributed by atoms with Crippen LogP contribution in [0.1, 0.15) is 48.9 Å². The smallest absolute Gasteiger partial charge is 0.358 e. The topological polar surface area (TPSA) is 55.3 Å². The molecule has 1 aromatic rings. The summed E-state index contributed by atoms with van der Waals surface area (Å²) in [5.74, 6) is 0.292. The van der Waals surface area contributed by atoms with Crippen LogP contribution in [0.4, 0.5) is 0 Å². The Bertz CT molecular complexity index is 485. The van der Waals surface area contributed by atoms with Crippen LogP contribution in [0.5, 0.6) is 0 Å². The minimum absolute atomic E-state index is 0.0489. The molecule has 2 rings (SSSR count). The average molecular weight is 298 g/mol. The fourth-order valence-corrected chi connectivity index (χ4v) is 2.28. The maximum atomic E-state index is 12.2. The molecule has 1 aliphatic rings. The van der Waals surface area contributed by atoms with E-state index in [-0.39, 0.29) is 22.7 Å². The lowest BCUT2D eigenvalue weighted by atomic mass is 10.1. The van der Waals surface area contributed by atoms with E-state index < -0.39 is 5.97 Å². The number of rotatable bonds is 3. The second kappa shape index (κ2) is 6.50. The van der Waals surface area contributed by atoms with E-state index in [1.165, 1.54) is 6.20 Å². The Balaban J connectivity index is 2.07. The van der Waals surface area contributed by atoms with Crippen LogP contribution in [0, 0.1) is 0 Å². The lowest BCUT2D eigenvalue weighted by Gasteiger charge is -2.28. The van der Waals surface area contributed by atoms with Gasteiger partial charge in [-0.1, -0.05) is 25.4 Å². The zero-order valence-electron chi connectivity index (χ0n) is 12.1. The molecular weight excluding hydrogens is 278 g/mol. The molecule has 6 heteroatoms. The van der Waals surface area contributed by atoms with Crippen LogP contribution < -0.4 is 0 Å². The number of nitrogens with zero attached hydrogens (tertiary/aromatic N) is 3. The zero-order chi connectivity index (χ0) is 14.7. The normalized spacial score (nSPS) is 17.4. The van der Waals surface area contributed by atoms with E-state index in [0.717, 1.165) is 25.9 Å². The van der Waals surface area contributed by atoms with Gasteiger partial charge in [0.05, 0.1) is 11.2 Å². The van der Waals surface area contributed by atoms with E-state index in [1.807, 2.05) is 13.8 Å². The molecule has 0 atom stereocenters. The summed E-state index contributed by atoms with van der Waals surface area (Å²) in [5.41, 5.74) is 0.171. The van der Waals surface area contributed by atoms with E-state index in [0.29, 0.717) is 5.82 Å². The van der Waals surface area contributed by atoms with Crippen molar-refractivity contribution in [3.63, 3.8) is 0 Å². The number of esters is 1. The van der Waals surface area contributed by atoms with E-state index in [9.17, 15) is 4.79 Å². The third-order valence-corrected chi connectivity index (χ3v) is 3.69. The number of hydrogen-bond acceptors (Lipinski definition) is 5. The Morgan fingerprint density at radius 2 is 2.10 bits per heavy atom. The molecule has 0 unspecified atom stereocenters. The minimum Gasteiger partial charge on any atom is -0.458 e. The molecule has 1 aromatic heterocycles. The van der Waals surface area contributed by atoms with Crippen molar-refractivity contribution in [2.75, 3.05) is 20.1 Å². The summed E-state index contributed by atoms with van der Waals surface area (Å²) in [5, 5.41) is 0.243. The highest BCUT2D eigenvalue weighted by Crippen LogP contribution is 2.20. The Kier molecular flexibility index (Phi) is 4.94. The van der Waals surface area contributed by atoms with E-state index >= 15 is 0 Å². The van der Waals surface area contributed by atoms with Crippen molar-refractivity contribution in [2.24, 2.45) is 0 Å². The van der Waals surface area contributed by atoms with Crippen molar-refractivity contribution < 1.29 is 9.53 Å². The Hall–Kier alpha value is -1.20. The number of piperidine rings is 1. The van der Waals surface area contributed by atoms with Gasteiger partial charge in [0.1, 0.15) is 11.9 Å². The molecule has 0 aliphatic carbocycles. The molecule has 110 valence electrons. The first-order valence-electron chi connectivity index (χ1n) is 6.89. The predicted octanol–water partition coefficient (Wildman–Crippen LogP) is 2.50. The second-order valence-electron chi connectivity index (χ2n) is 5.49. The van der Waals surface area contributed by atoms with Gasteiger partial charge in [-0.2, -0.15) is 0 Å². The SMILES string of the molecule is CC(C)c1ncc(Cl)c(C(=O)OC2CCN(C)CC2)n1. The van der Waals surface area contributed by atoms with Gasteiger partial charge in [0.2, 0.25) is 0 Å². The fourth-order valence-electron chi connectivity index (χ4n) is 2.11. The largest absolute Gasteiger partial charge is 0.458 e. The van der Waals surface area contributed by atoms with Crippen LogP contribution in [-0.2, 0) is 4.74 Å². The van der Waals surface area contributed by atoms with Crippen molar-refractivity contribution in [3.8, 4) is 0 Å². The lowest BCUT2D eigenvalue weighted by molar-refractivity contribution is 0.0133. The molecule has 1 fully saturated rings. The molecule has 1 aliphatic heterocycles. The van der Waals surface area contributed by atoms with Crippen molar-refractivity contribution in [1.29, 1.82) is 0 Å². The summed E-state index contributed by atoms with van der Waals surface area (Å²) in [7, 11) is 2.06. The van der Waals surface area contributed by atoms with Gasteiger partial charge in [0.15, 0.2) is 5.69 Å². The summed E-state index contributed by atoms with van der Waals surface area (Å²) in [6, 6.07) is 0. The van der Waals surface area contributed by atoms with Crippen LogP contribution >= 0.6 is 11.6 Å². The molecule has 0 aromatic carbocycles. The van der Waals surface area contributed by atoms with Gasteiger partial charge in [0, 0.05) is 19.0 Å². The van der Waals surface area contributed by atoms with Gasteiger partial charge < -0.3 is 9.64 Å². The first-order valence-corrected chi connectivity index (χ1v) is 7.27. The van der Waals surface area contributed by atoms with Gasteiger partial charge in [-0.05, 0) is 19.9 Å². The van der Waals surface area contributed by atoms with Crippen LogP contribution in [0.2, 0.25) is 5.02 Å². The minimum atomic E-state index is -0.450. The number of likely N-dealkylation sites (tertiary alicyclic amines) is 1. The lowest BCUT2D eigenvalue weighted by Crippen LogP contribution is -2.35. The van der Waals surface area contributed by atoms with Gasteiger partial charge in [-0.3, -0.25) is 0 Å². The number of carbonyl (C=O) groups excluding carboxylic acids is 1. The molecule has 0 bridgehead atoms. The van der Waals surface area contributed by atoms with Crippen LogP contribution in [0.25, 0.3) is 0 Å². The highest BCUT2D eigenvalue weighted by Gasteiger charge is 2.23. The molecule has 2 heterocycles. The summed E-state index contributed by atoms with van der Waals surface area (Å²) in [6.45, 7) is 5.81. The highest BCUT2D eigenvalue weighted by atomic mass is 35.5. The first kappa shape index (κ1) is 15.2. The molecule has 0 amide bonds. The maximum absolute atomic E-state index is 12.2. The van der Waals surface area contributed by atoms with Crippen LogP contribution in [0.15, 0.2) is 6.20 Å². The third kappa shape index (κ3) is 3.67. The number of hydrogen-bond donors (Lipinski definition) is 0. The van der Waals surface area contributed by atoms with Crippen molar-refractivity contribution >= 4 is 17.6 Å². The molecule has 0 saturated carbocycles. The van der Waals surface area contributed by atoms with E-state index in [1.54, 1.807) is 0 Å². The van der Waals surface area contributed by atoms with Crippen LogP contribution in [-0.4, -0.2) is 47.1 Å². The van der Waals surface area contributed by atoms with Crippen molar-refractivity contribution in [1.82, 2.24) is 14.9 Å². The number of ether oxygens (including phenoxy) is 1. The van der Waals surface area contributed by atoms with Crippen LogP contribution in [0.3, 0.4) is 0 Å². The fraction of sp³-hybridized carbons (Fsp3) is 0.643. The predicted molar refractivity (Wildman–Crippen MR) is 77.1 cm³/mol. The van der Waals surface area contributed by atoms with Gasteiger partial charge in [-0.25, -0.2) is 14.8 Å². The number of carbonyl (C=O) groups is 1. The second-order valence-corrected chi connectivity index (χ2v) is 5.89. The van der Waals surface area contributed by atoms with Gasteiger partial charge >= 0.3 is 5.97 Å². The molecule has 0 spiro atoms. The molecule has 20 heavy (non-hydrogen) atoms. The zero-order valence-corrected chi connectivity index (χ0v) is 12.9. The van der Waals surface area contributed by atoms with Crippen molar-refractivity contribution in [3.05, 3.63) is 22.7 Å². The molecule has 0 radical (unpaired) electrons. The standard InChI is InChI=1S/C14H20ClN3O2/c1-9(2)13-16-8-11(15)12(17-13)14(19)20-10-4-6-18(3)7-5-10/h8-10H,4-7H2,1-3H3. The summed E-state index contributed by atoms with van der Waals surface area (Å²) in [6.07, 6.45) is 3.12. The molecule has 5 nitrogen and oxygen atoms in total. The molecular formula is C14H20ClN3O2. The van der Waals surface area contributed by atoms with Crippen molar-refractivity contribution in [2.45, 2.75) is 38.7 Å². The highest BCUT2D eigenvalue weighted by molar-refractivity contribution is 6.33. The Morgan fingerprint density at radius 3 is 2.70 bits per heavy atom. The summed E-state index contributed by atoms with van der Waals surface area (Å²) >= 11 is 6.00. The average Bonchev–Trinajstić information content (AvgIpc) is 2.41. The summed E-state index contributed by atoms with van der Waals surface area (Å²) < 4.78 is 5.50. The first-order chi connectivity index (χ1) is 9.47. The Morgan fingerprint density at radius 1 is 1.45 bits per heavy atom. The van der Waals surface area contributed by atoms with E-state index in [4.69, 9.17) is 16.3 Å². The molecule has 0 N–H and O–H groups in total.